The summed E-state index contributed by atoms with van der Waals surface area (Å²) in [5.41, 5.74) is 24.6. The van der Waals surface area contributed by atoms with E-state index in [0.29, 0.717) is 0 Å². The second-order valence-electron chi connectivity index (χ2n) is 18.8. The molecule has 0 N–H and O–H groups in total. The fourth-order valence-corrected chi connectivity index (χ4v) is 12.8. The lowest BCUT2D eigenvalue weighted by Gasteiger charge is -2.48. The van der Waals surface area contributed by atoms with Crippen molar-refractivity contribution in [3.05, 3.63) is 293 Å². The summed E-state index contributed by atoms with van der Waals surface area (Å²) in [6, 6.07) is 91.7. The maximum atomic E-state index is 7.19. The van der Waals surface area contributed by atoms with Crippen LogP contribution in [0.2, 0.25) is 0 Å². The van der Waals surface area contributed by atoms with Crippen molar-refractivity contribution in [2.45, 2.75) is 10.8 Å². The van der Waals surface area contributed by atoms with Gasteiger partial charge in [-0.1, -0.05) is 218 Å². The number of hydrogen-bond acceptors (Lipinski definition) is 2. The molecule has 0 amide bonds. The predicted molar refractivity (Wildman–Crippen MR) is 281 cm³/mol. The highest BCUT2D eigenvalue weighted by atomic mass is 16.3. The number of fused-ring (bicyclic) bond motifs is 20. The van der Waals surface area contributed by atoms with E-state index in [4.69, 9.17) is 9.40 Å². The quantitative estimate of drug-likeness (QED) is 0.176. The van der Waals surface area contributed by atoms with Crippen LogP contribution in [-0.4, -0.2) is 4.98 Å². The topological polar surface area (TPSA) is 26.0 Å². The Morgan fingerprint density at radius 3 is 1.38 bits per heavy atom. The third kappa shape index (κ3) is 5.13. The van der Waals surface area contributed by atoms with Crippen LogP contribution in [-0.2, 0) is 10.8 Å². The summed E-state index contributed by atoms with van der Waals surface area (Å²) in [7, 11) is 0. The summed E-state index contributed by atoms with van der Waals surface area (Å²) in [5.74, 6) is 0. The predicted octanol–water partition coefficient (Wildman–Crippen LogP) is 16.7. The van der Waals surface area contributed by atoms with Gasteiger partial charge in [0.25, 0.3) is 0 Å². The van der Waals surface area contributed by atoms with Crippen LogP contribution in [0.15, 0.2) is 253 Å². The Labute approximate surface area is 400 Å². The van der Waals surface area contributed by atoms with Crippen LogP contribution in [0, 0.1) is 0 Å². The normalized spacial score (nSPS) is 14.0. The fraction of sp³-hybridized carbons (Fsp3) is 0.0299. The van der Waals surface area contributed by atoms with Gasteiger partial charge in [0.2, 0.25) is 0 Å². The molecule has 0 radical (unpaired) electrons. The molecule has 3 aliphatic rings. The van der Waals surface area contributed by atoms with Gasteiger partial charge >= 0.3 is 0 Å². The number of pyridine rings is 1. The van der Waals surface area contributed by atoms with Gasteiger partial charge in [0, 0.05) is 27.5 Å². The summed E-state index contributed by atoms with van der Waals surface area (Å²) < 4.78 is 7.19. The van der Waals surface area contributed by atoms with Crippen molar-refractivity contribution in [3.8, 4) is 67.0 Å². The van der Waals surface area contributed by atoms with Crippen LogP contribution in [0.3, 0.4) is 0 Å². The molecule has 10 aromatic carbocycles. The number of furan rings is 1. The Morgan fingerprint density at radius 2 is 0.739 bits per heavy atom. The first-order valence-corrected chi connectivity index (χ1v) is 23.9. The van der Waals surface area contributed by atoms with Gasteiger partial charge in [0.1, 0.15) is 11.2 Å². The van der Waals surface area contributed by atoms with Gasteiger partial charge in [-0.25, -0.2) is 4.98 Å². The van der Waals surface area contributed by atoms with Crippen LogP contribution in [0.1, 0.15) is 44.5 Å². The monoisotopic (exact) mass is 875 g/mol. The summed E-state index contributed by atoms with van der Waals surface area (Å²) >= 11 is 0. The molecular weight excluding hydrogens is 835 g/mol. The van der Waals surface area contributed by atoms with Crippen molar-refractivity contribution in [1.29, 1.82) is 0 Å². The Kier molecular flexibility index (Phi) is 7.95. The molecule has 2 aromatic heterocycles. The Hall–Kier alpha value is -8.85. The summed E-state index contributed by atoms with van der Waals surface area (Å²) in [6.07, 6.45) is 0. The highest BCUT2D eigenvalue weighted by Gasteiger charge is 2.59. The molecule has 12 aromatic rings. The van der Waals surface area contributed by atoms with Gasteiger partial charge < -0.3 is 4.42 Å². The molecule has 2 spiro atoms. The summed E-state index contributed by atoms with van der Waals surface area (Å²) in [6.45, 7) is 0. The van der Waals surface area contributed by atoms with Crippen molar-refractivity contribution in [2.24, 2.45) is 0 Å². The second-order valence-corrected chi connectivity index (χ2v) is 18.8. The van der Waals surface area contributed by atoms with Crippen molar-refractivity contribution in [3.63, 3.8) is 0 Å². The minimum Gasteiger partial charge on any atom is -0.456 e. The van der Waals surface area contributed by atoms with E-state index in [-0.39, 0.29) is 0 Å². The second kappa shape index (κ2) is 14.3. The Bertz CT molecular complexity index is 3970. The van der Waals surface area contributed by atoms with Gasteiger partial charge in [-0.15, -0.1) is 0 Å². The fourth-order valence-electron chi connectivity index (χ4n) is 12.8. The first kappa shape index (κ1) is 38.3. The molecule has 0 bridgehead atoms. The average Bonchev–Trinajstić information content (AvgIpc) is 4.06. The minimum atomic E-state index is -0.708. The zero-order valence-corrected chi connectivity index (χ0v) is 37.5. The summed E-state index contributed by atoms with van der Waals surface area (Å²) in [4.78, 5) is 5.34. The number of rotatable bonds is 4. The van der Waals surface area contributed by atoms with Crippen molar-refractivity contribution in [1.82, 2.24) is 4.98 Å². The number of hydrogen-bond donors (Lipinski definition) is 0. The highest BCUT2D eigenvalue weighted by molar-refractivity contribution is 6.11. The van der Waals surface area contributed by atoms with E-state index in [2.05, 4.69) is 249 Å². The largest absolute Gasteiger partial charge is 0.456 e. The molecule has 320 valence electrons. The molecule has 69 heavy (non-hydrogen) atoms. The maximum Gasteiger partial charge on any atom is 0.140 e. The molecule has 0 saturated carbocycles. The third-order valence-corrected chi connectivity index (χ3v) is 15.6. The van der Waals surface area contributed by atoms with E-state index >= 15 is 0 Å². The summed E-state index contributed by atoms with van der Waals surface area (Å²) in [5, 5.41) is 2.26. The zero-order valence-electron chi connectivity index (χ0n) is 37.5. The molecule has 0 atom stereocenters. The molecule has 0 unspecified atom stereocenters. The van der Waals surface area contributed by atoms with Gasteiger partial charge in [-0.2, -0.15) is 0 Å². The number of nitrogens with zero attached hydrogens (tertiary/aromatic N) is 1. The van der Waals surface area contributed by atoms with E-state index in [1.807, 2.05) is 0 Å². The van der Waals surface area contributed by atoms with Crippen LogP contribution in [0.25, 0.3) is 89.0 Å². The SMILES string of the molecule is c1ccc(-c2ccc(-c3cc(-c4ccc5c(c4)-c4ccc6c(oc7ccccc76)c4C54c5ccccc5C5(c6ccccc6-c6ccccc65)c5ccccc54)cc(-c4ccccc4)n3)cc2)cc1. The minimum absolute atomic E-state index is 0.531. The van der Waals surface area contributed by atoms with E-state index in [1.54, 1.807) is 0 Å². The van der Waals surface area contributed by atoms with Crippen molar-refractivity contribution < 1.29 is 4.42 Å². The first-order valence-electron chi connectivity index (χ1n) is 23.9. The van der Waals surface area contributed by atoms with E-state index in [0.717, 1.165) is 55.6 Å². The number of benzene rings is 10. The average molecular weight is 876 g/mol. The molecule has 2 heteroatoms. The number of aromatic nitrogens is 1. The highest BCUT2D eigenvalue weighted by Crippen LogP contribution is 2.68. The van der Waals surface area contributed by atoms with Gasteiger partial charge in [0.15, 0.2) is 0 Å². The van der Waals surface area contributed by atoms with Crippen LogP contribution in [0.4, 0.5) is 0 Å². The molecule has 3 aliphatic carbocycles. The lowest BCUT2D eigenvalue weighted by Crippen LogP contribution is -2.43. The lowest BCUT2D eigenvalue weighted by molar-refractivity contribution is 0.614. The Balaban J connectivity index is 1.01. The number of para-hydroxylation sites is 1. The van der Waals surface area contributed by atoms with Gasteiger partial charge in [-0.3, -0.25) is 0 Å². The first-order chi connectivity index (χ1) is 34.2. The van der Waals surface area contributed by atoms with Crippen molar-refractivity contribution in [2.75, 3.05) is 0 Å². The maximum absolute atomic E-state index is 7.19. The van der Waals surface area contributed by atoms with Gasteiger partial charge in [0.05, 0.1) is 22.2 Å². The smallest absolute Gasteiger partial charge is 0.140 e. The van der Waals surface area contributed by atoms with Crippen LogP contribution < -0.4 is 0 Å². The Morgan fingerprint density at radius 1 is 0.275 bits per heavy atom. The van der Waals surface area contributed by atoms with E-state index in [1.165, 1.54) is 77.9 Å². The van der Waals surface area contributed by atoms with Gasteiger partial charge in [-0.05, 0) is 114 Å². The molecule has 15 rings (SSSR count). The van der Waals surface area contributed by atoms with E-state index in [9.17, 15) is 0 Å². The molecule has 2 heterocycles. The molecule has 0 saturated heterocycles. The van der Waals surface area contributed by atoms with E-state index < -0.39 is 10.8 Å². The zero-order chi connectivity index (χ0) is 45.3. The molecule has 2 nitrogen and oxygen atoms in total. The molecular formula is C67H41NO. The van der Waals surface area contributed by atoms with Crippen molar-refractivity contribution >= 4 is 21.9 Å². The molecule has 0 aliphatic heterocycles. The standard InChI is InChI=1S/C67H41NO/c1-3-17-42(18-4-1)43-31-33-45(34-32-43)62-41-47(40-61(68-62)44-19-5-2-6-20-44)46-35-38-56-53(39-46)51-36-37-52-50-23-9-16-30-63(50)69-65(52)64(51)67(56)59-28-14-12-26-57(59)66(58-27-13-15-29-60(58)67)54-24-10-7-21-48(54)49-22-8-11-25-55(49)66/h1-41H. The molecule has 0 fully saturated rings. The third-order valence-electron chi connectivity index (χ3n) is 15.6. The lowest BCUT2D eigenvalue weighted by atomic mass is 9.52. The van der Waals surface area contributed by atoms with Crippen LogP contribution >= 0.6 is 0 Å². The van der Waals surface area contributed by atoms with Crippen LogP contribution in [0.5, 0.6) is 0 Å².